The Bertz CT molecular complexity index is 361. The van der Waals surface area contributed by atoms with Crippen LogP contribution in [0, 0.1) is 6.92 Å². The standard InChI is InChI=1S/C17H28/c1-6-10-16-13(5)12-14(8-3)15(9-4)17(16)11-7-2/h12H,6-11H2,1-5H3. The highest BCUT2D eigenvalue weighted by atomic mass is 14.2. The van der Waals surface area contributed by atoms with Crippen molar-refractivity contribution in [1.29, 1.82) is 0 Å². The van der Waals surface area contributed by atoms with Crippen LogP contribution in [0.3, 0.4) is 0 Å². The predicted molar refractivity (Wildman–Crippen MR) is 77.9 cm³/mol. The third kappa shape index (κ3) is 3.12. The van der Waals surface area contributed by atoms with Crippen molar-refractivity contribution in [3.8, 4) is 0 Å². The molecule has 17 heavy (non-hydrogen) atoms. The number of hydrogen-bond donors (Lipinski definition) is 0. The molecular formula is C17H28. The van der Waals surface area contributed by atoms with Crippen LogP contribution in [0.4, 0.5) is 0 Å². The van der Waals surface area contributed by atoms with Crippen molar-refractivity contribution in [2.24, 2.45) is 0 Å². The topological polar surface area (TPSA) is 0 Å². The summed E-state index contributed by atoms with van der Waals surface area (Å²) in [7, 11) is 0. The lowest BCUT2D eigenvalue weighted by molar-refractivity contribution is 0.829. The Morgan fingerprint density at radius 1 is 0.765 bits per heavy atom. The Morgan fingerprint density at radius 2 is 1.35 bits per heavy atom. The molecule has 1 aromatic carbocycles. The summed E-state index contributed by atoms with van der Waals surface area (Å²) >= 11 is 0. The molecule has 0 N–H and O–H groups in total. The van der Waals surface area contributed by atoms with Crippen LogP contribution in [0.5, 0.6) is 0 Å². The predicted octanol–water partition coefficient (Wildman–Crippen LogP) is 5.02. The highest BCUT2D eigenvalue weighted by Crippen LogP contribution is 2.27. The summed E-state index contributed by atoms with van der Waals surface area (Å²) in [6.45, 7) is 11.5. The van der Waals surface area contributed by atoms with Crippen LogP contribution in [-0.2, 0) is 25.7 Å². The molecule has 0 amide bonds. The fourth-order valence-corrected chi connectivity index (χ4v) is 2.96. The maximum Gasteiger partial charge on any atom is -0.0276 e. The molecule has 0 atom stereocenters. The van der Waals surface area contributed by atoms with Gasteiger partial charge in [0.05, 0.1) is 0 Å². The van der Waals surface area contributed by atoms with Crippen LogP contribution in [-0.4, -0.2) is 0 Å². The van der Waals surface area contributed by atoms with E-state index < -0.39 is 0 Å². The van der Waals surface area contributed by atoms with Crippen molar-refractivity contribution in [1.82, 2.24) is 0 Å². The van der Waals surface area contributed by atoms with Gasteiger partial charge in [-0.1, -0.05) is 46.6 Å². The lowest BCUT2D eigenvalue weighted by atomic mass is 9.86. The summed E-state index contributed by atoms with van der Waals surface area (Å²) < 4.78 is 0. The highest BCUT2D eigenvalue weighted by Gasteiger charge is 2.12. The maximum absolute atomic E-state index is 2.43. The Morgan fingerprint density at radius 3 is 1.82 bits per heavy atom. The summed E-state index contributed by atoms with van der Waals surface area (Å²) in [6.07, 6.45) is 7.39. The van der Waals surface area contributed by atoms with Gasteiger partial charge in [0.1, 0.15) is 0 Å². The van der Waals surface area contributed by atoms with Crippen molar-refractivity contribution in [2.75, 3.05) is 0 Å². The van der Waals surface area contributed by atoms with E-state index in [-0.39, 0.29) is 0 Å². The van der Waals surface area contributed by atoms with E-state index in [1.807, 2.05) is 0 Å². The van der Waals surface area contributed by atoms with E-state index in [4.69, 9.17) is 0 Å². The van der Waals surface area contributed by atoms with Gasteiger partial charge in [0.15, 0.2) is 0 Å². The molecule has 1 aromatic rings. The molecular weight excluding hydrogens is 204 g/mol. The molecule has 0 fully saturated rings. The minimum atomic E-state index is 1.17. The molecule has 0 saturated carbocycles. The average Bonchev–Trinajstić information content (AvgIpc) is 2.33. The van der Waals surface area contributed by atoms with Crippen LogP contribution >= 0.6 is 0 Å². The van der Waals surface area contributed by atoms with Crippen molar-refractivity contribution < 1.29 is 0 Å². The minimum Gasteiger partial charge on any atom is -0.0651 e. The monoisotopic (exact) mass is 232 g/mol. The van der Waals surface area contributed by atoms with Gasteiger partial charge in [0, 0.05) is 0 Å². The molecule has 0 aliphatic rings. The third-order valence-corrected chi connectivity index (χ3v) is 3.72. The zero-order chi connectivity index (χ0) is 12.8. The Hall–Kier alpha value is -0.780. The van der Waals surface area contributed by atoms with E-state index in [0.717, 1.165) is 0 Å². The second-order valence-corrected chi connectivity index (χ2v) is 5.00. The van der Waals surface area contributed by atoms with E-state index in [0.29, 0.717) is 0 Å². The largest absolute Gasteiger partial charge is 0.0651 e. The van der Waals surface area contributed by atoms with Gasteiger partial charge in [-0.3, -0.25) is 0 Å². The highest BCUT2D eigenvalue weighted by molar-refractivity contribution is 5.46. The van der Waals surface area contributed by atoms with Crippen molar-refractivity contribution in [3.05, 3.63) is 33.9 Å². The SMILES string of the molecule is CCCc1c(C)cc(CC)c(CC)c1CCC. The smallest absolute Gasteiger partial charge is 0.0276 e. The molecule has 0 nitrogen and oxygen atoms in total. The minimum absolute atomic E-state index is 1.17. The first kappa shape index (κ1) is 14.3. The Balaban J connectivity index is 3.37. The van der Waals surface area contributed by atoms with Gasteiger partial charge >= 0.3 is 0 Å². The average molecular weight is 232 g/mol. The van der Waals surface area contributed by atoms with Crippen molar-refractivity contribution >= 4 is 0 Å². The fourth-order valence-electron chi connectivity index (χ4n) is 2.96. The number of benzene rings is 1. The first-order chi connectivity index (χ1) is 8.19. The summed E-state index contributed by atoms with van der Waals surface area (Å²) in [6, 6.07) is 2.43. The second kappa shape index (κ2) is 6.83. The van der Waals surface area contributed by atoms with Gasteiger partial charge in [0.25, 0.3) is 0 Å². The normalized spacial score (nSPS) is 10.9. The molecule has 0 unspecified atom stereocenters. The van der Waals surface area contributed by atoms with Crippen molar-refractivity contribution in [2.45, 2.75) is 73.1 Å². The summed E-state index contributed by atoms with van der Waals surface area (Å²) in [5, 5.41) is 0. The van der Waals surface area contributed by atoms with Crippen LogP contribution < -0.4 is 0 Å². The van der Waals surface area contributed by atoms with Gasteiger partial charge in [-0.25, -0.2) is 0 Å². The molecule has 0 aliphatic carbocycles. The number of hydrogen-bond acceptors (Lipinski definition) is 0. The molecule has 0 saturated heterocycles. The van der Waals surface area contributed by atoms with E-state index >= 15 is 0 Å². The molecule has 0 spiro atoms. The van der Waals surface area contributed by atoms with Gasteiger partial charge in [-0.15, -0.1) is 0 Å². The molecule has 0 aromatic heterocycles. The maximum atomic E-state index is 2.43. The zero-order valence-corrected chi connectivity index (χ0v) is 12.3. The lowest BCUT2D eigenvalue weighted by Crippen LogP contribution is -2.06. The molecule has 0 heterocycles. The number of aryl methyl sites for hydroxylation is 2. The molecule has 0 radical (unpaired) electrons. The summed E-state index contributed by atoms with van der Waals surface area (Å²) in [4.78, 5) is 0. The van der Waals surface area contributed by atoms with E-state index in [2.05, 4.69) is 40.7 Å². The number of rotatable bonds is 6. The van der Waals surface area contributed by atoms with Crippen LogP contribution in [0.2, 0.25) is 0 Å². The van der Waals surface area contributed by atoms with Gasteiger partial charge in [-0.05, 0) is 60.4 Å². The van der Waals surface area contributed by atoms with E-state index in [9.17, 15) is 0 Å². The van der Waals surface area contributed by atoms with Crippen LogP contribution in [0.15, 0.2) is 6.07 Å². The first-order valence-corrected chi connectivity index (χ1v) is 7.32. The van der Waals surface area contributed by atoms with E-state index in [1.165, 1.54) is 44.1 Å². The van der Waals surface area contributed by atoms with Gasteiger partial charge in [0.2, 0.25) is 0 Å². The Kier molecular flexibility index (Phi) is 5.74. The lowest BCUT2D eigenvalue weighted by Gasteiger charge is -2.20. The molecule has 1 rings (SSSR count). The van der Waals surface area contributed by atoms with Crippen LogP contribution in [0.25, 0.3) is 0 Å². The summed E-state index contributed by atoms with van der Waals surface area (Å²) in [5.74, 6) is 0. The molecule has 96 valence electrons. The third-order valence-electron chi connectivity index (χ3n) is 3.72. The van der Waals surface area contributed by atoms with Gasteiger partial charge in [-0.2, -0.15) is 0 Å². The molecule has 0 aliphatic heterocycles. The van der Waals surface area contributed by atoms with E-state index in [1.54, 1.807) is 22.3 Å². The van der Waals surface area contributed by atoms with Gasteiger partial charge < -0.3 is 0 Å². The zero-order valence-electron chi connectivity index (χ0n) is 12.3. The summed E-state index contributed by atoms with van der Waals surface area (Å²) in [5.41, 5.74) is 8.05. The first-order valence-electron chi connectivity index (χ1n) is 7.32. The fraction of sp³-hybridized carbons (Fsp3) is 0.647. The van der Waals surface area contributed by atoms with Crippen LogP contribution in [0.1, 0.15) is 68.4 Å². The molecule has 0 bridgehead atoms. The quantitative estimate of drug-likeness (QED) is 0.645. The second-order valence-electron chi connectivity index (χ2n) is 5.00. The Labute approximate surface area is 107 Å². The van der Waals surface area contributed by atoms with Crippen molar-refractivity contribution in [3.63, 3.8) is 0 Å². The molecule has 0 heteroatoms.